The van der Waals surface area contributed by atoms with Gasteiger partial charge in [0.1, 0.15) is 5.69 Å². The van der Waals surface area contributed by atoms with E-state index < -0.39 is 6.85 Å². The highest BCUT2D eigenvalue weighted by molar-refractivity contribution is 5.95. The summed E-state index contributed by atoms with van der Waals surface area (Å²) in [5.41, 5.74) is 3.61. The number of aryl methyl sites for hydroxylation is 3. The molecule has 4 rings (SSSR count). The highest BCUT2D eigenvalue weighted by atomic mass is 16.5. The zero-order valence-electron chi connectivity index (χ0n) is 16.2. The molecule has 24 heavy (non-hydrogen) atoms. The van der Waals surface area contributed by atoms with Crippen molar-refractivity contribution in [3.05, 3.63) is 53.2 Å². The number of aromatic nitrogens is 4. The molecule has 0 fully saturated rings. The molecule has 6 heteroatoms. The van der Waals surface area contributed by atoms with Gasteiger partial charge in [-0.3, -0.25) is 9.48 Å². The molecule has 0 spiro atoms. The Kier molecular flexibility index (Phi) is 2.79. The molecule has 3 aromatic rings. The summed E-state index contributed by atoms with van der Waals surface area (Å²) in [6.07, 6.45) is 3.82. The van der Waals surface area contributed by atoms with Crippen LogP contribution >= 0.6 is 0 Å². The molecule has 0 saturated carbocycles. The summed E-state index contributed by atoms with van der Waals surface area (Å²) in [5, 5.41) is 7.83. The molecule has 0 radical (unpaired) electrons. The van der Waals surface area contributed by atoms with E-state index >= 15 is 0 Å². The van der Waals surface area contributed by atoms with Gasteiger partial charge in [0, 0.05) is 36.2 Å². The molecule has 0 bridgehead atoms. The van der Waals surface area contributed by atoms with E-state index in [2.05, 4.69) is 15.2 Å². The highest BCUT2D eigenvalue weighted by Gasteiger charge is 2.26. The average Bonchev–Trinajstić information content (AvgIpc) is 3.33. The number of hydrogen-bond donors (Lipinski definition) is 0. The molecule has 0 unspecified atom stereocenters. The smallest absolute Gasteiger partial charge is 0.223 e. The molecule has 1 aliphatic rings. The van der Waals surface area contributed by atoms with Crippen molar-refractivity contribution in [3.63, 3.8) is 0 Å². The molecule has 2 aromatic heterocycles. The third-order valence-electron chi connectivity index (χ3n) is 4.57. The van der Waals surface area contributed by atoms with Gasteiger partial charge in [0.05, 0.1) is 0 Å². The second kappa shape index (κ2) is 5.70. The van der Waals surface area contributed by atoms with Crippen molar-refractivity contribution in [1.82, 2.24) is 19.9 Å². The SMILES string of the molecule is [2H]C([2H])([2H])c1nc(-c2ccc3c(c2)CC[C@H]3CC(=O)c2ccnn2C)no1. The minimum atomic E-state index is -2.42. The van der Waals surface area contributed by atoms with Gasteiger partial charge in [-0.1, -0.05) is 17.3 Å². The van der Waals surface area contributed by atoms with Crippen LogP contribution in [0, 0.1) is 6.85 Å². The van der Waals surface area contributed by atoms with Crippen molar-refractivity contribution < 1.29 is 13.4 Å². The van der Waals surface area contributed by atoms with Gasteiger partial charge in [-0.2, -0.15) is 10.1 Å². The van der Waals surface area contributed by atoms with E-state index in [4.69, 9.17) is 8.64 Å². The van der Waals surface area contributed by atoms with E-state index in [1.807, 2.05) is 18.2 Å². The topological polar surface area (TPSA) is 73.8 Å². The number of carbonyl (C=O) groups excluding carboxylic acids is 1. The highest BCUT2D eigenvalue weighted by Crippen LogP contribution is 2.37. The summed E-state index contributed by atoms with van der Waals surface area (Å²) >= 11 is 0. The Hall–Kier alpha value is -2.76. The Bertz CT molecular complexity index is 1010. The second-order valence-corrected chi connectivity index (χ2v) is 6.04. The molecule has 1 aromatic carbocycles. The molecule has 0 saturated heterocycles. The van der Waals surface area contributed by atoms with Crippen LogP contribution in [0.1, 0.15) is 50.4 Å². The van der Waals surface area contributed by atoms with Gasteiger partial charge in [0.2, 0.25) is 11.7 Å². The lowest BCUT2D eigenvalue weighted by atomic mass is 9.94. The van der Waals surface area contributed by atoms with E-state index in [0.717, 1.165) is 24.0 Å². The molecule has 0 amide bonds. The first-order chi connectivity index (χ1) is 12.8. The molecule has 2 heterocycles. The lowest BCUT2D eigenvalue weighted by Crippen LogP contribution is -2.10. The Labute approximate surface area is 143 Å². The zero-order chi connectivity index (χ0) is 19.2. The predicted molar refractivity (Wildman–Crippen MR) is 87.7 cm³/mol. The molecular weight excluding hydrogens is 304 g/mol. The van der Waals surface area contributed by atoms with E-state index in [0.29, 0.717) is 17.7 Å². The van der Waals surface area contributed by atoms with E-state index in [1.54, 1.807) is 24.0 Å². The molecular formula is C18H18N4O2. The Morgan fingerprint density at radius 2 is 2.38 bits per heavy atom. The number of ketones is 1. The van der Waals surface area contributed by atoms with Crippen LogP contribution in [-0.2, 0) is 13.5 Å². The first-order valence-electron chi connectivity index (χ1n) is 9.31. The van der Waals surface area contributed by atoms with Crippen LogP contribution in [0.5, 0.6) is 0 Å². The number of fused-ring (bicyclic) bond motifs is 1. The van der Waals surface area contributed by atoms with Crippen molar-refractivity contribution in [3.8, 4) is 11.4 Å². The van der Waals surface area contributed by atoms with E-state index in [-0.39, 0.29) is 23.4 Å². The maximum atomic E-state index is 12.5. The zero-order valence-corrected chi connectivity index (χ0v) is 13.2. The number of rotatable bonds is 4. The van der Waals surface area contributed by atoms with Crippen LogP contribution in [0.4, 0.5) is 0 Å². The van der Waals surface area contributed by atoms with Crippen molar-refractivity contribution in [2.45, 2.75) is 32.0 Å². The van der Waals surface area contributed by atoms with Crippen LogP contribution in [0.2, 0.25) is 0 Å². The normalized spacial score (nSPS) is 18.7. The van der Waals surface area contributed by atoms with Crippen LogP contribution in [0.15, 0.2) is 35.0 Å². The number of carbonyl (C=O) groups is 1. The third kappa shape index (κ3) is 2.54. The molecule has 122 valence electrons. The summed E-state index contributed by atoms with van der Waals surface area (Å²) in [5.74, 6) is 0.146. The van der Waals surface area contributed by atoms with Crippen molar-refractivity contribution >= 4 is 5.78 Å². The first kappa shape index (κ1) is 11.7. The second-order valence-electron chi connectivity index (χ2n) is 6.04. The first-order valence-corrected chi connectivity index (χ1v) is 7.81. The van der Waals surface area contributed by atoms with Crippen LogP contribution in [0.25, 0.3) is 11.4 Å². The van der Waals surface area contributed by atoms with Gasteiger partial charge in [0.15, 0.2) is 5.78 Å². The van der Waals surface area contributed by atoms with Crippen molar-refractivity contribution in [2.24, 2.45) is 7.05 Å². The number of nitrogens with zero attached hydrogens (tertiary/aromatic N) is 4. The predicted octanol–water partition coefficient (Wildman–Crippen LogP) is 3.08. The Morgan fingerprint density at radius 3 is 3.12 bits per heavy atom. The summed E-state index contributed by atoms with van der Waals surface area (Å²) in [7, 11) is 1.76. The molecule has 1 atom stereocenters. The van der Waals surface area contributed by atoms with E-state index in [1.165, 1.54) is 0 Å². The van der Waals surface area contributed by atoms with Gasteiger partial charge >= 0.3 is 0 Å². The molecule has 6 nitrogen and oxygen atoms in total. The maximum Gasteiger partial charge on any atom is 0.223 e. The number of hydrogen-bond acceptors (Lipinski definition) is 5. The van der Waals surface area contributed by atoms with Crippen molar-refractivity contribution in [2.75, 3.05) is 0 Å². The number of Topliss-reactive ketones (excluding diaryl/α,β-unsaturated/α-hetero) is 1. The third-order valence-corrected chi connectivity index (χ3v) is 4.57. The molecule has 1 aliphatic carbocycles. The van der Waals surface area contributed by atoms with Gasteiger partial charge in [-0.25, -0.2) is 0 Å². The fraction of sp³-hybridized carbons (Fsp3) is 0.333. The van der Waals surface area contributed by atoms with Gasteiger partial charge in [-0.05, 0) is 42.0 Å². The fourth-order valence-electron chi connectivity index (χ4n) is 3.37. The fourth-order valence-corrected chi connectivity index (χ4v) is 3.37. The van der Waals surface area contributed by atoms with Crippen molar-refractivity contribution in [1.29, 1.82) is 0 Å². The quantitative estimate of drug-likeness (QED) is 0.689. The number of benzene rings is 1. The lowest BCUT2D eigenvalue weighted by Gasteiger charge is -2.11. The van der Waals surface area contributed by atoms with Crippen LogP contribution in [-0.4, -0.2) is 25.7 Å². The molecule has 0 N–H and O–H groups in total. The van der Waals surface area contributed by atoms with E-state index in [9.17, 15) is 4.79 Å². The summed E-state index contributed by atoms with van der Waals surface area (Å²) in [4.78, 5) is 16.5. The lowest BCUT2D eigenvalue weighted by molar-refractivity contribution is 0.0964. The largest absolute Gasteiger partial charge is 0.339 e. The van der Waals surface area contributed by atoms with Gasteiger partial charge in [-0.15, -0.1) is 0 Å². The van der Waals surface area contributed by atoms with Gasteiger partial charge < -0.3 is 4.52 Å². The summed E-state index contributed by atoms with van der Waals surface area (Å²) in [6.45, 7) is -2.42. The Morgan fingerprint density at radius 1 is 1.46 bits per heavy atom. The minimum Gasteiger partial charge on any atom is -0.339 e. The van der Waals surface area contributed by atoms with Gasteiger partial charge in [0.25, 0.3) is 0 Å². The maximum absolute atomic E-state index is 12.5. The molecule has 0 aliphatic heterocycles. The Balaban J connectivity index is 1.55. The monoisotopic (exact) mass is 325 g/mol. The minimum absolute atomic E-state index is 0.0809. The summed E-state index contributed by atoms with van der Waals surface area (Å²) < 4.78 is 28.5. The summed E-state index contributed by atoms with van der Waals surface area (Å²) in [6, 6.07) is 7.52. The standard InChI is InChI=1S/C18H18N4O2/c1-11-20-18(21-24-11)14-5-6-15-12(9-14)3-4-13(15)10-17(23)16-7-8-19-22(16)2/h5-9,13H,3-4,10H2,1-2H3/t13-/m0/s1/i1D3. The van der Waals surface area contributed by atoms with Crippen LogP contribution < -0.4 is 0 Å². The van der Waals surface area contributed by atoms with Crippen LogP contribution in [0.3, 0.4) is 0 Å². The average molecular weight is 325 g/mol.